The Balaban J connectivity index is 1.47. The molecule has 23 heavy (non-hydrogen) atoms. The van der Waals surface area contributed by atoms with E-state index in [2.05, 4.69) is 34.0 Å². The van der Waals surface area contributed by atoms with E-state index < -0.39 is 0 Å². The van der Waals surface area contributed by atoms with Crippen molar-refractivity contribution in [1.82, 2.24) is 15.8 Å². The van der Waals surface area contributed by atoms with E-state index in [-0.39, 0.29) is 17.7 Å². The van der Waals surface area contributed by atoms with Gasteiger partial charge in [-0.3, -0.25) is 4.79 Å². The minimum Gasteiger partial charge on any atom is -0.351 e. The molecular formula is C17H17N3O2S. The molecule has 1 aromatic carbocycles. The molecule has 1 fully saturated rings. The molecule has 1 atom stereocenters. The van der Waals surface area contributed by atoms with Crippen LogP contribution in [0.5, 0.6) is 0 Å². The molecule has 0 spiro atoms. The van der Waals surface area contributed by atoms with Crippen LogP contribution in [0.15, 0.2) is 40.9 Å². The quantitative estimate of drug-likeness (QED) is 0.773. The Labute approximate surface area is 137 Å². The van der Waals surface area contributed by atoms with Crippen LogP contribution < -0.4 is 10.6 Å². The highest BCUT2D eigenvalue weighted by Gasteiger charge is 2.25. The number of amides is 1. The van der Waals surface area contributed by atoms with Gasteiger partial charge in [0.15, 0.2) is 0 Å². The van der Waals surface area contributed by atoms with Crippen LogP contribution in [-0.2, 0) is 0 Å². The number of fused-ring (bicyclic) bond motifs is 1. The third-order valence-electron chi connectivity index (χ3n) is 4.17. The summed E-state index contributed by atoms with van der Waals surface area (Å²) in [6.07, 6.45) is 0. The van der Waals surface area contributed by atoms with E-state index in [1.165, 1.54) is 10.1 Å². The maximum atomic E-state index is 12.3. The van der Waals surface area contributed by atoms with Gasteiger partial charge in [-0.25, -0.2) is 0 Å². The molecule has 0 bridgehead atoms. The van der Waals surface area contributed by atoms with E-state index in [0.29, 0.717) is 5.92 Å². The van der Waals surface area contributed by atoms with Gasteiger partial charge in [-0.1, -0.05) is 23.4 Å². The molecule has 1 amide bonds. The first-order valence-electron chi connectivity index (χ1n) is 7.67. The highest BCUT2D eigenvalue weighted by Crippen LogP contribution is 2.29. The second-order valence-electron chi connectivity index (χ2n) is 5.85. The summed E-state index contributed by atoms with van der Waals surface area (Å²) in [7, 11) is 0. The molecule has 0 aliphatic carbocycles. The molecule has 5 nitrogen and oxygen atoms in total. The van der Waals surface area contributed by atoms with E-state index >= 15 is 0 Å². The Kier molecular flexibility index (Phi) is 3.63. The summed E-state index contributed by atoms with van der Waals surface area (Å²) in [5.41, 5.74) is 0.850. The molecule has 0 saturated carbocycles. The van der Waals surface area contributed by atoms with Gasteiger partial charge < -0.3 is 15.2 Å². The number of aromatic nitrogens is 1. The maximum absolute atomic E-state index is 12.3. The SMILES string of the molecule is CC(NC(=O)c1cc(C2CNC2)no1)c1cc2ccccc2s1. The van der Waals surface area contributed by atoms with Crippen molar-refractivity contribution in [1.29, 1.82) is 0 Å². The van der Waals surface area contributed by atoms with Crippen LogP contribution in [0.2, 0.25) is 0 Å². The zero-order valence-electron chi connectivity index (χ0n) is 12.7. The van der Waals surface area contributed by atoms with E-state index in [1.54, 1.807) is 17.4 Å². The highest BCUT2D eigenvalue weighted by molar-refractivity contribution is 7.19. The van der Waals surface area contributed by atoms with E-state index in [4.69, 9.17) is 4.52 Å². The fraction of sp³-hybridized carbons (Fsp3) is 0.294. The zero-order valence-corrected chi connectivity index (χ0v) is 13.5. The predicted molar refractivity (Wildman–Crippen MR) is 89.8 cm³/mol. The monoisotopic (exact) mass is 327 g/mol. The molecule has 2 aromatic heterocycles. The van der Waals surface area contributed by atoms with Crippen molar-refractivity contribution < 1.29 is 9.32 Å². The summed E-state index contributed by atoms with van der Waals surface area (Å²) in [4.78, 5) is 13.5. The van der Waals surface area contributed by atoms with Gasteiger partial charge in [0.1, 0.15) is 0 Å². The molecule has 3 heterocycles. The van der Waals surface area contributed by atoms with Crippen LogP contribution in [0, 0.1) is 0 Å². The molecule has 0 radical (unpaired) electrons. The predicted octanol–water partition coefficient (Wildman–Crippen LogP) is 3.07. The van der Waals surface area contributed by atoms with Gasteiger partial charge in [0.05, 0.1) is 11.7 Å². The number of nitrogens with zero attached hydrogens (tertiary/aromatic N) is 1. The fourth-order valence-corrected chi connectivity index (χ4v) is 3.71. The third kappa shape index (κ3) is 2.75. The average molecular weight is 327 g/mol. The van der Waals surface area contributed by atoms with E-state index in [0.717, 1.165) is 23.7 Å². The second kappa shape index (κ2) is 5.79. The standard InChI is InChI=1S/C17H17N3O2S/c1-10(16-6-11-4-2-3-5-15(11)23-16)19-17(21)14-7-13(20-22-14)12-8-18-9-12/h2-7,10,12,18H,8-9H2,1H3,(H,19,21). The number of nitrogens with one attached hydrogen (secondary N) is 2. The van der Waals surface area contributed by atoms with Gasteiger partial charge in [-0.15, -0.1) is 11.3 Å². The summed E-state index contributed by atoms with van der Waals surface area (Å²) >= 11 is 1.70. The molecule has 6 heteroatoms. The summed E-state index contributed by atoms with van der Waals surface area (Å²) in [6, 6.07) is 12.0. The minimum absolute atomic E-state index is 0.0705. The second-order valence-corrected chi connectivity index (χ2v) is 6.97. The Morgan fingerprint density at radius 2 is 2.22 bits per heavy atom. The number of hydrogen-bond acceptors (Lipinski definition) is 5. The van der Waals surface area contributed by atoms with Gasteiger partial charge in [-0.05, 0) is 24.4 Å². The lowest BCUT2D eigenvalue weighted by Gasteiger charge is -2.24. The Bertz CT molecular complexity index is 817. The van der Waals surface area contributed by atoms with Crippen molar-refractivity contribution in [2.45, 2.75) is 18.9 Å². The largest absolute Gasteiger partial charge is 0.351 e. The topological polar surface area (TPSA) is 67.2 Å². The molecule has 1 aliphatic heterocycles. The molecule has 118 valence electrons. The lowest BCUT2D eigenvalue weighted by atomic mass is 9.99. The first-order valence-corrected chi connectivity index (χ1v) is 8.49. The van der Waals surface area contributed by atoms with Crippen molar-refractivity contribution in [3.05, 3.63) is 52.7 Å². The molecule has 1 saturated heterocycles. The number of carbonyl (C=O) groups excluding carboxylic acids is 1. The Morgan fingerprint density at radius 1 is 1.39 bits per heavy atom. The number of hydrogen-bond donors (Lipinski definition) is 2. The average Bonchev–Trinajstić information content (AvgIpc) is 3.11. The van der Waals surface area contributed by atoms with E-state index in [9.17, 15) is 4.79 Å². The number of benzene rings is 1. The van der Waals surface area contributed by atoms with E-state index in [1.807, 2.05) is 19.1 Å². The smallest absolute Gasteiger partial charge is 0.290 e. The van der Waals surface area contributed by atoms with Gasteiger partial charge in [0.25, 0.3) is 5.91 Å². The van der Waals surface area contributed by atoms with Gasteiger partial charge in [0.2, 0.25) is 5.76 Å². The van der Waals surface area contributed by atoms with Crippen molar-refractivity contribution >= 4 is 27.3 Å². The maximum Gasteiger partial charge on any atom is 0.290 e. The summed E-state index contributed by atoms with van der Waals surface area (Å²) in [5.74, 6) is 0.418. The molecule has 1 unspecified atom stereocenters. The zero-order chi connectivity index (χ0) is 15.8. The summed E-state index contributed by atoms with van der Waals surface area (Å²) < 4.78 is 6.42. The lowest BCUT2D eigenvalue weighted by molar-refractivity contribution is 0.0903. The van der Waals surface area contributed by atoms with Crippen LogP contribution in [0.4, 0.5) is 0 Å². The lowest BCUT2D eigenvalue weighted by Crippen LogP contribution is -2.40. The van der Waals surface area contributed by atoms with Crippen molar-refractivity contribution in [2.24, 2.45) is 0 Å². The van der Waals surface area contributed by atoms with Crippen LogP contribution in [-0.4, -0.2) is 24.2 Å². The third-order valence-corrected chi connectivity index (χ3v) is 5.47. The van der Waals surface area contributed by atoms with Crippen molar-refractivity contribution in [3.8, 4) is 0 Å². The molecule has 2 N–H and O–H groups in total. The number of carbonyl (C=O) groups is 1. The molecular weight excluding hydrogens is 310 g/mol. The van der Waals surface area contributed by atoms with Gasteiger partial charge in [0, 0.05) is 34.7 Å². The minimum atomic E-state index is -0.221. The van der Waals surface area contributed by atoms with Crippen LogP contribution in [0.1, 0.15) is 40.0 Å². The van der Waals surface area contributed by atoms with Crippen LogP contribution >= 0.6 is 11.3 Å². The van der Waals surface area contributed by atoms with Gasteiger partial charge >= 0.3 is 0 Å². The molecule has 1 aliphatic rings. The fourth-order valence-electron chi connectivity index (χ4n) is 2.64. The summed E-state index contributed by atoms with van der Waals surface area (Å²) in [6.45, 7) is 3.77. The van der Waals surface area contributed by atoms with Crippen LogP contribution in [0.3, 0.4) is 0 Å². The first kappa shape index (κ1) is 14.4. The van der Waals surface area contributed by atoms with Crippen LogP contribution in [0.25, 0.3) is 10.1 Å². The first-order chi connectivity index (χ1) is 11.2. The Morgan fingerprint density at radius 3 is 2.96 bits per heavy atom. The van der Waals surface area contributed by atoms with Gasteiger partial charge in [-0.2, -0.15) is 0 Å². The summed E-state index contributed by atoms with van der Waals surface area (Å²) in [5, 5.41) is 11.4. The van der Waals surface area contributed by atoms with Crippen molar-refractivity contribution in [3.63, 3.8) is 0 Å². The number of thiophene rings is 1. The normalized spacial score (nSPS) is 16.2. The molecule has 3 aromatic rings. The highest BCUT2D eigenvalue weighted by atomic mass is 32.1. The molecule has 4 rings (SSSR count). The van der Waals surface area contributed by atoms with Crippen molar-refractivity contribution in [2.75, 3.05) is 13.1 Å². The number of rotatable bonds is 4. The Hall–Kier alpha value is -2.18.